The van der Waals surface area contributed by atoms with Gasteiger partial charge in [-0.15, -0.1) is 0 Å². The average Bonchev–Trinajstić information content (AvgIpc) is 2.71. The molecule has 0 unspecified atom stereocenters. The van der Waals surface area contributed by atoms with Gasteiger partial charge in [-0.1, -0.05) is 64.1 Å². The fraction of sp³-hybridized carbons (Fsp3) is 0.0952. The third-order valence-corrected chi connectivity index (χ3v) is 7.38. The van der Waals surface area contributed by atoms with Crippen LogP contribution in [0.4, 0.5) is 11.4 Å². The van der Waals surface area contributed by atoms with Crippen LogP contribution in [0.3, 0.4) is 0 Å². The molecule has 0 bridgehead atoms. The molecule has 0 saturated carbocycles. The Balaban J connectivity index is 1.99. The molecule has 1 N–H and O–H groups in total. The van der Waals surface area contributed by atoms with Gasteiger partial charge in [0.15, 0.2) is 0 Å². The van der Waals surface area contributed by atoms with Crippen molar-refractivity contribution < 1.29 is 13.2 Å². The van der Waals surface area contributed by atoms with Crippen molar-refractivity contribution in [3.63, 3.8) is 0 Å². The first-order chi connectivity index (χ1) is 14.6. The van der Waals surface area contributed by atoms with Crippen molar-refractivity contribution in [3.05, 3.63) is 86.3 Å². The number of nitrogens with zero attached hydrogens (tertiary/aromatic N) is 1. The molecular weight excluding hydrogens is 502 g/mol. The zero-order chi connectivity index (χ0) is 22.8. The topological polar surface area (TPSA) is 66.5 Å². The maximum Gasteiger partial charge on any atom is 0.264 e. The summed E-state index contributed by atoms with van der Waals surface area (Å²) in [7, 11) is -4.09. The van der Waals surface area contributed by atoms with Crippen LogP contribution in [0.5, 0.6) is 0 Å². The number of hydrogen-bond acceptors (Lipinski definition) is 3. The van der Waals surface area contributed by atoms with Crippen LogP contribution >= 0.6 is 46.4 Å². The number of rotatable bonds is 6. The van der Waals surface area contributed by atoms with Gasteiger partial charge in [-0.05, 0) is 55.5 Å². The standard InChI is InChI=1S/C21H16Cl4N2O3S/c1-13-2-6-16(7-3-13)31(29,30)27(15-5-9-17(23)19(25)11-15)12-21(28)26-20-10-14(22)4-8-18(20)24/h2-11H,12H2,1H3,(H,26,28). The molecule has 0 spiro atoms. The molecule has 10 heteroatoms. The van der Waals surface area contributed by atoms with Crippen LogP contribution in [-0.2, 0) is 14.8 Å². The summed E-state index contributed by atoms with van der Waals surface area (Å²) in [5.41, 5.74) is 1.34. The summed E-state index contributed by atoms with van der Waals surface area (Å²) in [6.07, 6.45) is 0. The molecule has 5 nitrogen and oxygen atoms in total. The van der Waals surface area contributed by atoms with Gasteiger partial charge in [0.05, 0.1) is 31.3 Å². The van der Waals surface area contributed by atoms with Crippen LogP contribution in [0.1, 0.15) is 5.56 Å². The SMILES string of the molecule is Cc1ccc(S(=O)(=O)N(CC(=O)Nc2cc(Cl)ccc2Cl)c2ccc(Cl)c(Cl)c2)cc1. The molecule has 0 atom stereocenters. The molecular formula is C21H16Cl4N2O3S. The maximum absolute atomic E-state index is 13.4. The lowest BCUT2D eigenvalue weighted by Crippen LogP contribution is -2.38. The largest absolute Gasteiger partial charge is 0.323 e. The van der Waals surface area contributed by atoms with Crippen LogP contribution in [-0.4, -0.2) is 20.9 Å². The summed E-state index contributed by atoms with van der Waals surface area (Å²) in [6.45, 7) is 1.31. The number of sulfonamides is 1. The molecule has 0 saturated heterocycles. The Kier molecular flexibility index (Phi) is 7.39. The monoisotopic (exact) mass is 516 g/mol. The van der Waals surface area contributed by atoms with E-state index in [1.54, 1.807) is 18.2 Å². The van der Waals surface area contributed by atoms with Gasteiger partial charge >= 0.3 is 0 Å². The first kappa shape index (κ1) is 23.7. The van der Waals surface area contributed by atoms with Crippen molar-refractivity contribution in [2.24, 2.45) is 0 Å². The second-order valence-electron chi connectivity index (χ2n) is 6.60. The molecule has 1 amide bonds. The summed E-state index contributed by atoms with van der Waals surface area (Å²) in [6, 6.07) is 15.2. The molecule has 3 rings (SSSR count). The number of nitrogens with one attached hydrogen (secondary N) is 1. The average molecular weight is 518 g/mol. The van der Waals surface area contributed by atoms with Crippen molar-refractivity contribution in [1.82, 2.24) is 0 Å². The van der Waals surface area contributed by atoms with Gasteiger partial charge in [0, 0.05) is 5.02 Å². The molecule has 0 aromatic heterocycles. The summed E-state index contributed by atoms with van der Waals surface area (Å²) >= 11 is 24.1. The highest BCUT2D eigenvalue weighted by Crippen LogP contribution is 2.31. The van der Waals surface area contributed by atoms with Crippen LogP contribution in [0.25, 0.3) is 0 Å². The Hall–Kier alpha value is -1.96. The van der Waals surface area contributed by atoms with Crippen LogP contribution < -0.4 is 9.62 Å². The zero-order valence-electron chi connectivity index (χ0n) is 16.1. The molecule has 0 heterocycles. The van der Waals surface area contributed by atoms with E-state index in [1.807, 2.05) is 6.92 Å². The van der Waals surface area contributed by atoms with E-state index < -0.39 is 22.5 Å². The van der Waals surface area contributed by atoms with Gasteiger partial charge in [-0.2, -0.15) is 0 Å². The van der Waals surface area contributed by atoms with Gasteiger partial charge in [-0.3, -0.25) is 9.10 Å². The van der Waals surface area contributed by atoms with Gasteiger partial charge < -0.3 is 5.32 Å². The normalized spacial score (nSPS) is 11.3. The highest BCUT2D eigenvalue weighted by Gasteiger charge is 2.28. The second kappa shape index (κ2) is 9.67. The zero-order valence-corrected chi connectivity index (χ0v) is 19.9. The highest BCUT2D eigenvalue weighted by atomic mass is 35.5. The molecule has 0 aliphatic heterocycles. The fourth-order valence-electron chi connectivity index (χ4n) is 2.71. The number of benzene rings is 3. The smallest absolute Gasteiger partial charge is 0.264 e. The van der Waals surface area contributed by atoms with E-state index in [9.17, 15) is 13.2 Å². The van der Waals surface area contributed by atoms with E-state index in [-0.39, 0.29) is 31.3 Å². The molecule has 0 aliphatic rings. The first-order valence-electron chi connectivity index (χ1n) is 8.87. The summed E-state index contributed by atoms with van der Waals surface area (Å²) in [5.74, 6) is -0.620. The summed E-state index contributed by atoms with van der Waals surface area (Å²) in [5, 5.41) is 3.63. The number of hydrogen-bond donors (Lipinski definition) is 1. The van der Waals surface area contributed by atoms with Crippen LogP contribution in [0.15, 0.2) is 65.6 Å². The summed E-state index contributed by atoms with van der Waals surface area (Å²) < 4.78 is 27.7. The van der Waals surface area contributed by atoms with Crippen molar-refractivity contribution in [2.45, 2.75) is 11.8 Å². The van der Waals surface area contributed by atoms with Crippen molar-refractivity contribution in [3.8, 4) is 0 Å². The number of amides is 1. The number of halogens is 4. The van der Waals surface area contributed by atoms with Crippen LogP contribution in [0.2, 0.25) is 20.1 Å². The molecule has 3 aromatic rings. The quantitative estimate of drug-likeness (QED) is 0.409. The van der Waals surface area contributed by atoms with E-state index >= 15 is 0 Å². The second-order valence-corrected chi connectivity index (χ2v) is 10.1. The Bertz CT molecular complexity index is 1230. The molecule has 162 valence electrons. The van der Waals surface area contributed by atoms with E-state index in [0.717, 1.165) is 9.87 Å². The Morgan fingerprint density at radius 1 is 0.871 bits per heavy atom. The minimum absolute atomic E-state index is 0.0257. The third-order valence-electron chi connectivity index (χ3n) is 4.29. The molecule has 0 radical (unpaired) electrons. The van der Waals surface area contributed by atoms with E-state index in [1.165, 1.54) is 42.5 Å². The lowest BCUT2D eigenvalue weighted by atomic mass is 10.2. The minimum Gasteiger partial charge on any atom is -0.323 e. The first-order valence-corrected chi connectivity index (χ1v) is 11.8. The van der Waals surface area contributed by atoms with Crippen molar-refractivity contribution in [1.29, 1.82) is 0 Å². The lowest BCUT2D eigenvalue weighted by molar-refractivity contribution is -0.114. The maximum atomic E-state index is 13.4. The van der Waals surface area contributed by atoms with E-state index in [4.69, 9.17) is 46.4 Å². The molecule has 3 aromatic carbocycles. The number of aryl methyl sites for hydroxylation is 1. The van der Waals surface area contributed by atoms with Crippen molar-refractivity contribution in [2.75, 3.05) is 16.2 Å². The predicted octanol–water partition coefficient (Wildman–Crippen LogP) is 6.44. The fourth-order valence-corrected chi connectivity index (χ4v) is 4.75. The minimum atomic E-state index is -4.09. The Morgan fingerprint density at radius 2 is 1.52 bits per heavy atom. The van der Waals surface area contributed by atoms with E-state index in [0.29, 0.717) is 5.02 Å². The van der Waals surface area contributed by atoms with Gasteiger partial charge in [-0.25, -0.2) is 8.42 Å². The van der Waals surface area contributed by atoms with Gasteiger partial charge in [0.25, 0.3) is 10.0 Å². The van der Waals surface area contributed by atoms with Gasteiger partial charge in [0.2, 0.25) is 5.91 Å². The number of carbonyl (C=O) groups excluding carboxylic acids is 1. The number of anilines is 2. The number of carbonyl (C=O) groups is 1. The van der Waals surface area contributed by atoms with Crippen LogP contribution in [0, 0.1) is 6.92 Å². The Labute approximate surface area is 200 Å². The molecule has 31 heavy (non-hydrogen) atoms. The predicted molar refractivity (Wildman–Crippen MR) is 127 cm³/mol. The molecule has 0 fully saturated rings. The summed E-state index contributed by atoms with van der Waals surface area (Å²) in [4.78, 5) is 12.8. The Morgan fingerprint density at radius 3 is 2.16 bits per heavy atom. The lowest BCUT2D eigenvalue weighted by Gasteiger charge is -2.24. The highest BCUT2D eigenvalue weighted by molar-refractivity contribution is 7.92. The molecule has 0 aliphatic carbocycles. The van der Waals surface area contributed by atoms with E-state index in [2.05, 4.69) is 5.32 Å². The van der Waals surface area contributed by atoms with Gasteiger partial charge in [0.1, 0.15) is 6.54 Å². The third kappa shape index (κ3) is 5.64. The van der Waals surface area contributed by atoms with Crippen molar-refractivity contribution >= 4 is 73.7 Å².